The summed E-state index contributed by atoms with van der Waals surface area (Å²) in [5.41, 5.74) is 9.77. The Bertz CT molecular complexity index is 3050. The second kappa shape index (κ2) is 12.5. The number of thiophene rings is 1. The van der Waals surface area contributed by atoms with Gasteiger partial charge in [-0.15, -0.1) is 11.3 Å². The van der Waals surface area contributed by atoms with Gasteiger partial charge in [0.2, 0.25) is 0 Å². The molecule has 54 heavy (non-hydrogen) atoms. The highest BCUT2D eigenvalue weighted by Gasteiger charge is 2.32. The summed E-state index contributed by atoms with van der Waals surface area (Å²) in [6.45, 7) is 0. The zero-order valence-electron chi connectivity index (χ0n) is 29.4. The second-order valence-corrected chi connectivity index (χ2v) is 15.3. The molecule has 254 valence electrons. The highest BCUT2D eigenvalue weighted by molar-refractivity contribution is 7.15. The van der Waals surface area contributed by atoms with Gasteiger partial charge in [-0.2, -0.15) is 0 Å². The topological polar surface area (TPSA) is 15.3 Å². The largest absolute Gasteiger partial charge is 0.359 e. The maximum atomic E-state index is 3.83. The summed E-state index contributed by atoms with van der Waals surface area (Å²) >= 11 is 1.87. The first-order valence-electron chi connectivity index (χ1n) is 18.5. The fourth-order valence-corrected chi connectivity index (χ4v) is 9.58. The van der Waals surface area contributed by atoms with Gasteiger partial charge < -0.3 is 10.2 Å². The molecule has 2 nitrogen and oxygen atoms in total. The number of hydrogen-bond donors (Lipinski definition) is 1. The predicted octanol–water partition coefficient (Wildman–Crippen LogP) is 14.6. The van der Waals surface area contributed by atoms with Gasteiger partial charge in [0.1, 0.15) is 6.17 Å². The fourth-order valence-electron chi connectivity index (χ4n) is 8.53. The van der Waals surface area contributed by atoms with E-state index in [0.29, 0.717) is 0 Å². The van der Waals surface area contributed by atoms with Crippen LogP contribution in [0.2, 0.25) is 0 Å². The lowest BCUT2D eigenvalue weighted by Crippen LogP contribution is -2.22. The number of para-hydroxylation sites is 3. The van der Waals surface area contributed by atoms with Crippen molar-refractivity contribution in [3.8, 4) is 32.7 Å². The Morgan fingerprint density at radius 2 is 0.963 bits per heavy atom. The maximum absolute atomic E-state index is 3.83. The Morgan fingerprint density at radius 3 is 1.67 bits per heavy atom. The van der Waals surface area contributed by atoms with Crippen molar-refractivity contribution >= 4 is 71.5 Å². The van der Waals surface area contributed by atoms with E-state index >= 15 is 0 Å². The summed E-state index contributed by atoms with van der Waals surface area (Å²) in [4.78, 5) is 4.95. The van der Waals surface area contributed by atoms with Gasteiger partial charge in [-0.05, 0) is 126 Å². The number of fused-ring (bicyclic) bond motifs is 5. The van der Waals surface area contributed by atoms with Crippen molar-refractivity contribution in [3.05, 3.63) is 199 Å². The van der Waals surface area contributed by atoms with Gasteiger partial charge in [-0.1, -0.05) is 140 Å². The summed E-state index contributed by atoms with van der Waals surface area (Å²) in [5.74, 6) is 0. The number of nitrogens with zero attached hydrogens (tertiary/aromatic N) is 1. The molecule has 0 radical (unpaired) electrons. The lowest BCUT2D eigenvalue weighted by atomic mass is 9.84. The molecule has 11 rings (SSSR count). The van der Waals surface area contributed by atoms with Crippen LogP contribution in [0.5, 0.6) is 0 Å². The second-order valence-electron chi connectivity index (χ2n) is 14.2. The number of benzene rings is 9. The molecule has 0 bridgehead atoms. The minimum atomic E-state index is 0.000571. The van der Waals surface area contributed by atoms with E-state index in [9.17, 15) is 0 Å². The van der Waals surface area contributed by atoms with Crippen LogP contribution >= 0.6 is 11.3 Å². The molecular formula is C51H34N2S. The molecule has 0 spiro atoms. The summed E-state index contributed by atoms with van der Waals surface area (Å²) in [7, 11) is 0. The molecule has 0 saturated heterocycles. The van der Waals surface area contributed by atoms with Crippen LogP contribution in [0.1, 0.15) is 11.0 Å². The summed E-state index contributed by atoms with van der Waals surface area (Å²) in [5, 5.41) is 13.9. The first-order valence-corrected chi connectivity index (χ1v) is 19.4. The smallest absolute Gasteiger partial charge is 0.139 e. The molecule has 0 amide bonds. The van der Waals surface area contributed by atoms with Gasteiger partial charge >= 0.3 is 0 Å². The molecule has 1 aliphatic heterocycles. The van der Waals surface area contributed by atoms with E-state index in [-0.39, 0.29) is 6.17 Å². The molecule has 1 atom stereocenters. The zero-order chi connectivity index (χ0) is 35.6. The summed E-state index contributed by atoms with van der Waals surface area (Å²) < 4.78 is 0. The number of nitrogens with one attached hydrogen (secondary N) is 1. The van der Waals surface area contributed by atoms with Crippen LogP contribution in [0.25, 0.3) is 75.8 Å². The van der Waals surface area contributed by atoms with Crippen LogP contribution in [0, 0.1) is 0 Å². The van der Waals surface area contributed by atoms with E-state index in [0.717, 1.165) is 5.69 Å². The molecule has 9 aromatic carbocycles. The lowest BCUT2D eigenvalue weighted by molar-refractivity contribution is 0.847. The molecule has 2 heterocycles. The third kappa shape index (κ3) is 5.01. The average Bonchev–Trinajstić information content (AvgIpc) is 3.88. The first-order chi connectivity index (χ1) is 26.8. The molecule has 1 N–H and O–H groups in total. The quantitative estimate of drug-likeness (QED) is 0.179. The number of rotatable bonds is 5. The number of hydrogen-bond acceptors (Lipinski definition) is 3. The highest BCUT2D eigenvalue weighted by atomic mass is 32.1. The Kier molecular flexibility index (Phi) is 7.14. The zero-order valence-corrected chi connectivity index (χ0v) is 30.2. The van der Waals surface area contributed by atoms with Crippen LogP contribution in [-0.4, -0.2) is 0 Å². The van der Waals surface area contributed by atoms with E-state index in [1.165, 1.54) is 92.0 Å². The van der Waals surface area contributed by atoms with Crippen molar-refractivity contribution < 1.29 is 0 Å². The van der Waals surface area contributed by atoms with Crippen LogP contribution in [0.15, 0.2) is 194 Å². The van der Waals surface area contributed by atoms with Crippen molar-refractivity contribution in [1.29, 1.82) is 0 Å². The van der Waals surface area contributed by atoms with Crippen molar-refractivity contribution in [1.82, 2.24) is 0 Å². The lowest BCUT2D eigenvalue weighted by Gasteiger charge is -2.26. The third-order valence-corrected chi connectivity index (χ3v) is 12.2. The standard InChI is InChI=1S/C51H34N2S/c1-2-16-40(17-3-1)53-46-21-11-10-20-45(46)52-51(53)48-29-28-47(54-48)37-26-27-43-44(32-37)50(39-25-23-34-13-5-7-15-36(34)31-39)42-19-9-8-18-41(42)49(43)38-24-22-33-12-4-6-14-35(33)30-38/h1-32,51-52H. The molecule has 1 aromatic heterocycles. The SMILES string of the molecule is c1ccc(N2c3ccccc3NC2c2ccc(-c3ccc4c(-c5ccc6ccccc6c5)c5ccccc5c(-c5ccc6ccccc6c5)c4c3)s2)cc1. The van der Waals surface area contributed by atoms with Gasteiger partial charge in [0.25, 0.3) is 0 Å². The van der Waals surface area contributed by atoms with Crippen molar-refractivity contribution in [2.45, 2.75) is 6.17 Å². The maximum Gasteiger partial charge on any atom is 0.139 e. The summed E-state index contributed by atoms with van der Waals surface area (Å²) in [6.07, 6.45) is 0.000571. The van der Waals surface area contributed by atoms with Gasteiger partial charge in [-0.25, -0.2) is 0 Å². The molecule has 1 unspecified atom stereocenters. The van der Waals surface area contributed by atoms with Crippen LogP contribution in [0.4, 0.5) is 17.1 Å². The minimum Gasteiger partial charge on any atom is -0.359 e. The Balaban J connectivity index is 1.12. The molecule has 0 aliphatic carbocycles. The number of anilines is 3. The van der Waals surface area contributed by atoms with Crippen LogP contribution in [0.3, 0.4) is 0 Å². The third-order valence-electron chi connectivity index (χ3n) is 11.0. The van der Waals surface area contributed by atoms with Gasteiger partial charge in [0, 0.05) is 15.4 Å². The molecule has 10 aromatic rings. The van der Waals surface area contributed by atoms with Gasteiger partial charge in [-0.3, -0.25) is 0 Å². The van der Waals surface area contributed by atoms with Crippen LogP contribution in [-0.2, 0) is 0 Å². The Hall–Kier alpha value is -6.68. The van der Waals surface area contributed by atoms with Gasteiger partial charge in [0.15, 0.2) is 0 Å². The van der Waals surface area contributed by atoms with E-state index in [1.54, 1.807) is 0 Å². The normalized spacial score (nSPS) is 13.9. The van der Waals surface area contributed by atoms with Crippen molar-refractivity contribution in [3.63, 3.8) is 0 Å². The predicted molar refractivity (Wildman–Crippen MR) is 232 cm³/mol. The molecule has 1 aliphatic rings. The Morgan fingerprint density at radius 1 is 0.407 bits per heavy atom. The summed E-state index contributed by atoms with van der Waals surface area (Å²) in [6, 6.07) is 71.2. The highest BCUT2D eigenvalue weighted by Crippen LogP contribution is 2.49. The molecular weight excluding hydrogens is 673 g/mol. The Labute approximate surface area is 318 Å². The van der Waals surface area contributed by atoms with Gasteiger partial charge in [0.05, 0.1) is 11.4 Å². The van der Waals surface area contributed by atoms with E-state index in [1.807, 2.05) is 11.3 Å². The van der Waals surface area contributed by atoms with Crippen molar-refractivity contribution in [2.24, 2.45) is 0 Å². The fraction of sp³-hybridized carbons (Fsp3) is 0.0196. The average molecular weight is 707 g/mol. The first kappa shape index (κ1) is 30.9. The van der Waals surface area contributed by atoms with E-state index in [2.05, 4.69) is 204 Å². The van der Waals surface area contributed by atoms with E-state index in [4.69, 9.17) is 0 Å². The van der Waals surface area contributed by atoms with Crippen LogP contribution < -0.4 is 10.2 Å². The molecule has 3 heteroatoms. The molecule has 0 fully saturated rings. The van der Waals surface area contributed by atoms with Crippen molar-refractivity contribution in [2.75, 3.05) is 10.2 Å². The molecule has 0 saturated carbocycles. The monoisotopic (exact) mass is 706 g/mol. The van der Waals surface area contributed by atoms with E-state index < -0.39 is 0 Å². The minimum absolute atomic E-state index is 0.000571.